The van der Waals surface area contributed by atoms with Gasteiger partial charge in [-0.1, -0.05) is 17.3 Å². The number of β-lactam (4-membered cyclic amide) rings is 1. The number of nitrogens with zero attached hydrogens (tertiary/aromatic N) is 4. The van der Waals surface area contributed by atoms with E-state index in [4.69, 9.17) is 11.5 Å². The highest BCUT2D eigenvalue weighted by Crippen LogP contribution is 2.56. The van der Waals surface area contributed by atoms with Crippen molar-refractivity contribution in [3.63, 3.8) is 0 Å². The lowest BCUT2D eigenvalue weighted by molar-refractivity contribution is -0.152. The summed E-state index contributed by atoms with van der Waals surface area (Å²) in [5.41, 5.74) is 12.9. The summed E-state index contributed by atoms with van der Waals surface area (Å²) in [6, 6.07) is 4.99. The molecule has 0 spiro atoms. The lowest BCUT2D eigenvalue weighted by atomic mass is 9.95. The molecular formula is C16H20N8O2S. The minimum atomic E-state index is -0.900. The molecule has 1 aromatic carbocycles. The molecule has 2 saturated heterocycles. The van der Waals surface area contributed by atoms with E-state index in [9.17, 15) is 9.59 Å². The highest BCUT2D eigenvalue weighted by Gasteiger charge is 2.63. The number of hydrogen-bond donors (Lipinski definition) is 4. The third kappa shape index (κ3) is 2.82. The van der Waals surface area contributed by atoms with Crippen molar-refractivity contribution >= 4 is 29.3 Å². The number of carbonyl (C=O) groups excluding carboxylic acids is 2. The highest BCUT2D eigenvalue weighted by atomic mass is 32.2. The number of aromatic amines is 1. The molecule has 11 heteroatoms. The van der Waals surface area contributed by atoms with E-state index in [1.165, 1.54) is 0 Å². The first-order valence-corrected chi connectivity index (χ1v) is 9.32. The van der Waals surface area contributed by atoms with Crippen LogP contribution in [0.1, 0.15) is 37.3 Å². The number of anilines is 1. The van der Waals surface area contributed by atoms with Gasteiger partial charge in [-0.15, -0.1) is 22.0 Å². The van der Waals surface area contributed by atoms with Crippen molar-refractivity contribution in [2.24, 2.45) is 5.73 Å². The molecule has 0 bridgehead atoms. The van der Waals surface area contributed by atoms with Crippen molar-refractivity contribution < 1.29 is 9.59 Å². The Kier molecular flexibility index (Phi) is 4.07. The number of tetrazole rings is 1. The smallest absolute Gasteiger partial charge is 0.249 e. The monoisotopic (exact) mass is 388 g/mol. The van der Waals surface area contributed by atoms with Crippen LogP contribution >= 0.6 is 11.8 Å². The fourth-order valence-corrected chi connectivity index (χ4v) is 5.23. The predicted molar refractivity (Wildman–Crippen MR) is 98.9 cm³/mol. The van der Waals surface area contributed by atoms with Gasteiger partial charge < -0.3 is 21.7 Å². The number of hydrogen-bond acceptors (Lipinski definition) is 8. The Hall–Kier alpha value is -2.66. The van der Waals surface area contributed by atoms with Gasteiger partial charge in [-0.25, -0.2) is 0 Å². The molecule has 4 rings (SSSR count). The van der Waals surface area contributed by atoms with E-state index in [-0.39, 0.29) is 22.1 Å². The number of nitrogens with one attached hydrogen (secondary N) is 2. The number of benzene rings is 1. The third-order valence-corrected chi connectivity index (χ3v) is 6.47. The molecular weight excluding hydrogens is 368 g/mol. The van der Waals surface area contributed by atoms with Gasteiger partial charge in [0.25, 0.3) is 0 Å². The first kappa shape index (κ1) is 17.7. The van der Waals surface area contributed by atoms with E-state index >= 15 is 0 Å². The number of aromatic nitrogens is 4. The van der Waals surface area contributed by atoms with Crippen LogP contribution in [-0.4, -0.2) is 53.5 Å². The van der Waals surface area contributed by atoms with E-state index < -0.39 is 18.0 Å². The lowest BCUT2D eigenvalue weighted by Crippen LogP contribution is -2.68. The zero-order valence-corrected chi connectivity index (χ0v) is 15.6. The van der Waals surface area contributed by atoms with Crippen molar-refractivity contribution in [3.05, 3.63) is 35.7 Å². The number of amides is 2. The SMILES string of the molecule is CC1(C)S[C@H]2C(NC(=O)C(N)c3cccc(N)c3)C(=O)N2C1c1nn[nH]n1. The van der Waals surface area contributed by atoms with Gasteiger partial charge in [0.15, 0.2) is 5.82 Å². The summed E-state index contributed by atoms with van der Waals surface area (Å²) < 4.78 is -0.320. The molecule has 2 amide bonds. The van der Waals surface area contributed by atoms with E-state index in [1.54, 1.807) is 40.9 Å². The number of thioether (sulfide) groups is 1. The summed E-state index contributed by atoms with van der Waals surface area (Å²) in [5, 5.41) is 16.7. The molecule has 2 aromatic rings. The van der Waals surface area contributed by atoms with Gasteiger partial charge >= 0.3 is 0 Å². The van der Waals surface area contributed by atoms with Crippen LogP contribution in [0.15, 0.2) is 24.3 Å². The number of rotatable bonds is 4. The normalized spacial score (nSPS) is 27.0. The zero-order chi connectivity index (χ0) is 19.3. The van der Waals surface area contributed by atoms with Crippen molar-refractivity contribution in [2.45, 2.75) is 42.1 Å². The molecule has 6 N–H and O–H groups in total. The Morgan fingerprint density at radius 3 is 2.89 bits per heavy atom. The van der Waals surface area contributed by atoms with Gasteiger partial charge in [0.05, 0.1) is 0 Å². The number of H-pyrrole nitrogens is 1. The molecule has 10 nitrogen and oxygen atoms in total. The maximum absolute atomic E-state index is 12.7. The molecule has 3 unspecified atom stereocenters. The van der Waals surface area contributed by atoms with Crippen LogP contribution in [0.2, 0.25) is 0 Å². The second-order valence-corrected chi connectivity index (χ2v) is 8.93. The average molecular weight is 388 g/mol. The second-order valence-electron chi connectivity index (χ2n) is 7.16. The number of nitrogens with two attached hydrogens (primary N) is 2. The predicted octanol–water partition coefficient (Wildman–Crippen LogP) is -0.298. The second kappa shape index (κ2) is 6.20. The zero-order valence-electron chi connectivity index (χ0n) is 14.8. The highest BCUT2D eigenvalue weighted by molar-refractivity contribution is 8.01. The van der Waals surface area contributed by atoms with Crippen LogP contribution in [0.5, 0.6) is 0 Å². The molecule has 0 aliphatic carbocycles. The molecule has 2 aliphatic heterocycles. The van der Waals surface area contributed by atoms with Gasteiger partial charge in [0.1, 0.15) is 23.5 Å². The van der Waals surface area contributed by atoms with Crippen LogP contribution in [0, 0.1) is 0 Å². The largest absolute Gasteiger partial charge is 0.399 e. The van der Waals surface area contributed by atoms with E-state index in [1.807, 2.05) is 13.8 Å². The Labute approximate surface area is 159 Å². The number of carbonyl (C=O) groups is 2. The maximum Gasteiger partial charge on any atom is 0.249 e. The Bertz CT molecular complexity index is 886. The minimum absolute atomic E-state index is 0.180. The summed E-state index contributed by atoms with van der Waals surface area (Å²) in [5.74, 6) is -0.134. The van der Waals surface area contributed by atoms with Crippen molar-refractivity contribution in [3.8, 4) is 0 Å². The number of fused-ring (bicyclic) bond motifs is 1. The third-order valence-electron chi connectivity index (χ3n) is 4.90. The van der Waals surface area contributed by atoms with Crippen LogP contribution in [0.4, 0.5) is 5.69 Å². The standard InChI is InChI=1S/C16H20N8O2S/c1-16(2)11(12-20-22-23-21-12)24-14(26)10(15(24)27-16)19-13(25)9(18)7-4-3-5-8(17)6-7/h3-6,9-11,15H,17-18H2,1-2H3,(H,19,25)(H,20,21,22,23)/t9?,10?,11?,15-/m0/s1. The summed E-state index contributed by atoms with van der Waals surface area (Å²) in [6.45, 7) is 4.03. The number of nitrogen functional groups attached to an aromatic ring is 1. The molecule has 2 aliphatic rings. The van der Waals surface area contributed by atoms with Gasteiger partial charge in [0.2, 0.25) is 11.8 Å². The van der Waals surface area contributed by atoms with Gasteiger partial charge in [-0.2, -0.15) is 5.21 Å². The Balaban J connectivity index is 1.49. The van der Waals surface area contributed by atoms with Gasteiger partial charge in [-0.3, -0.25) is 9.59 Å². The van der Waals surface area contributed by atoms with E-state index in [2.05, 4.69) is 25.9 Å². The summed E-state index contributed by atoms with van der Waals surface area (Å²) in [6.07, 6.45) is 0. The molecule has 27 heavy (non-hydrogen) atoms. The fourth-order valence-electron chi connectivity index (χ4n) is 3.60. The van der Waals surface area contributed by atoms with Crippen LogP contribution < -0.4 is 16.8 Å². The quantitative estimate of drug-likeness (QED) is 0.411. The molecule has 2 fully saturated rings. The summed E-state index contributed by atoms with van der Waals surface area (Å²) in [4.78, 5) is 27.0. The van der Waals surface area contributed by atoms with Crippen LogP contribution in [-0.2, 0) is 9.59 Å². The van der Waals surface area contributed by atoms with Crippen molar-refractivity contribution in [2.75, 3.05) is 5.73 Å². The Morgan fingerprint density at radius 2 is 2.22 bits per heavy atom. The van der Waals surface area contributed by atoms with Crippen molar-refractivity contribution in [1.82, 2.24) is 30.8 Å². The average Bonchev–Trinajstić information content (AvgIpc) is 3.23. The van der Waals surface area contributed by atoms with E-state index in [0.29, 0.717) is 17.1 Å². The maximum atomic E-state index is 12.7. The van der Waals surface area contributed by atoms with Gasteiger partial charge in [-0.05, 0) is 31.5 Å². The first-order chi connectivity index (χ1) is 12.8. The van der Waals surface area contributed by atoms with E-state index in [0.717, 1.165) is 0 Å². The summed E-state index contributed by atoms with van der Waals surface area (Å²) in [7, 11) is 0. The molecule has 0 radical (unpaired) electrons. The molecule has 3 heterocycles. The van der Waals surface area contributed by atoms with Crippen LogP contribution in [0.25, 0.3) is 0 Å². The van der Waals surface area contributed by atoms with Crippen molar-refractivity contribution in [1.29, 1.82) is 0 Å². The lowest BCUT2D eigenvalue weighted by Gasteiger charge is -2.44. The minimum Gasteiger partial charge on any atom is -0.399 e. The molecule has 0 saturated carbocycles. The fraction of sp³-hybridized carbons (Fsp3) is 0.438. The van der Waals surface area contributed by atoms with Crippen LogP contribution in [0.3, 0.4) is 0 Å². The molecule has 4 atom stereocenters. The first-order valence-electron chi connectivity index (χ1n) is 8.44. The summed E-state index contributed by atoms with van der Waals surface area (Å²) >= 11 is 1.60. The topological polar surface area (TPSA) is 156 Å². The molecule has 1 aromatic heterocycles. The Morgan fingerprint density at radius 1 is 1.44 bits per heavy atom. The molecule has 142 valence electrons. The van der Waals surface area contributed by atoms with Gasteiger partial charge in [0, 0.05) is 10.4 Å².